The second-order valence-electron chi connectivity index (χ2n) is 8.49. The summed E-state index contributed by atoms with van der Waals surface area (Å²) in [7, 11) is 1.54. The Morgan fingerprint density at radius 3 is 2.48 bits per heavy atom. The molecule has 2 aliphatic rings. The Morgan fingerprint density at radius 1 is 1.22 bits per heavy atom. The number of hydrogen-bond acceptors (Lipinski definition) is 3. The van der Waals surface area contributed by atoms with Gasteiger partial charge in [0.25, 0.3) is 0 Å². The van der Waals surface area contributed by atoms with Gasteiger partial charge in [-0.25, -0.2) is 0 Å². The van der Waals surface area contributed by atoms with E-state index in [2.05, 4.69) is 43.0 Å². The number of methoxy groups -OCH3 is 1. The maximum absolute atomic E-state index is 13.4. The molecule has 0 aliphatic carbocycles. The first kappa shape index (κ1) is 19.9. The summed E-state index contributed by atoms with van der Waals surface area (Å²) in [5.74, 6) is 0.777. The van der Waals surface area contributed by atoms with Crippen molar-refractivity contribution < 1.29 is 14.3 Å². The lowest BCUT2D eigenvalue weighted by Gasteiger charge is -2.38. The van der Waals surface area contributed by atoms with Crippen LogP contribution in [-0.4, -0.2) is 61.0 Å². The van der Waals surface area contributed by atoms with Crippen LogP contribution in [0.25, 0.3) is 0 Å². The summed E-state index contributed by atoms with van der Waals surface area (Å²) in [5, 5.41) is 0. The van der Waals surface area contributed by atoms with Crippen LogP contribution < -0.4 is 0 Å². The highest BCUT2D eigenvalue weighted by Gasteiger charge is 2.52. The van der Waals surface area contributed by atoms with E-state index in [9.17, 15) is 9.59 Å². The SMILES string of the molecule is COCC(=O)N1CCC2(CC1)C[C@H](Cc1ccccc1)N(CC(C)C)C2=O. The monoisotopic (exact) mass is 372 g/mol. The number of benzene rings is 1. The van der Waals surface area contributed by atoms with Crippen molar-refractivity contribution in [1.82, 2.24) is 9.80 Å². The molecule has 1 aromatic rings. The van der Waals surface area contributed by atoms with E-state index < -0.39 is 0 Å². The minimum Gasteiger partial charge on any atom is -0.375 e. The molecular weight excluding hydrogens is 340 g/mol. The van der Waals surface area contributed by atoms with Crippen LogP contribution in [0.2, 0.25) is 0 Å². The summed E-state index contributed by atoms with van der Waals surface area (Å²) >= 11 is 0. The molecule has 0 saturated carbocycles. The molecule has 2 heterocycles. The van der Waals surface area contributed by atoms with Gasteiger partial charge in [-0.15, -0.1) is 0 Å². The lowest BCUT2D eigenvalue weighted by atomic mass is 9.75. The summed E-state index contributed by atoms with van der Waals surface area (Å²) < 4.78 is 4.97. The highest BCUT2D eigenvalue weighted by molar-refractivity contribution is 5.86. The van der Waals surface area contributed by atoms with Gasteiger partial charge in [0.2, 0.25) is 11.8 Å². The van der Waals surface area contributed by atoms with Crippen molar-refractivity contribution in [3.8, 4) is 0 Å². The van der Waals surface area contributed by atoms with Crippen LogP contribution in [0, 0.1) is 11.3 Å². The summed E-state index contributed by atoms with van der Waals surface area (Å²) in [6, 6.07) is 10.7. The fourth-order valence-corrected chi connectivity index (χ4v) is 4.63. The highest BCUT2D eigenvalue weighted by atomic mass is 16.5. The van der Waals surface area contributed by atoms with Gasteiger partial charge in [0.05, 0.1) is 5.41 Å². The second-order valence-corrected chi connectivity index (χ2v) is 8.49. The number of carbonyl (C=O) groups excluding carboxylic acids is 2. The van der Waals surface area contributed by atoms with Gasteiger partial charge < -0.3 is 14.5 Å². The second kappa shape index (κ2) is 8.42. The molecule has 0 radical (unpaired) electrons. The largest absolute Gasteiger partial charge is 0.375 e. The zero-order chi connectivity index (χ0) is 19.4. The fraction of sp³-hybridized carbons (Fsp3) is 0.636. The molecule has 27 heavy (non-hydrogen) atoms. The molecule has 0 bridgehead atoms. The molecule has 5 heteroatoms. The molecule has 1 atom stereocenters. The van der Waals surface area contributed by atoms with E-state index in [1.165, 1.54) is 5.56 Å². The Morgan fingerprint density at radius 2 is 1.89 bits per heavy atom. The van der Waals surface area contributed by atoms with Gasteiger partial charge in [-0.3, -0.25) is 9.59 Å². The van der Waals surface area contributed by atoms with E-state index in [0.29, 0.717) is 24.9 Å². The van der Waals surface area contributed by atoms with Crippen molar-refractivity contribution in [2.45, 2.75) is 45.6 Å². The lowest BCUT2D eigenvalue weighted by molar-refractivity contribution is -0.144. The van der Waals surface area contributed by atoms with Crippen LogP contribution in [0.3, 0.4) is 0 Å². The maximum atomic E-state index is 13.4. The molecule has 0 unspecified atom stereocenters. The Balaban J connectivity index is 1.73. The van der Waals surface area contributed by atoms with Crippen molar-refractivity contribution in [1.29, 1.82) is 0 Å². The fourth-order valence-electron chi connectivity index (χ4n) is 4.63. The van der Waals surface area contributed by atoms with Crippen molar-refractivity contribution in [3.05, 3.63) is 35.9 Å². The molecule has 1 spiro atoms. The quantitative estimate of drug-likeness (QED) is 0.771. The van der Waals surface area contributed by atoms with Crippen LogP contribution in [-0.2, 0) is 20.7 Å². The van der Waals surface area contributed by atoms with E-state index in [0.717, 1.165) is 32.2 Å². The van der Waals surface area contributed by atoms with Gasteiger partial charge in [0.1, 0.15) is 6.61 Å². The predicted molar refractivity (Wildman–Crippen MR) is 105 cm³/mol. The summed E-state index contributed by atoms with van der Waals surface area (Å²) in [4.78, 5) is 29.5. The summed E-state index contributed by atoms with van der Waals surface area (Å²) in [6.07, 6.45) is 3.34. The maximum Gasteiger partial charge on any atom is 0.248 e. The first-order chi connectivity index (χ1) is 12.9. The van der Waals surface area contributed by atoms with E-state index >= 15 is 0 Å². The molecule has 2 amide bonds. The third-order valence-electron chi connectivity index (χ3n) is 6.00. The van der Waals surface area contributed by atoms with E-state index in [1.807, 2.05) is 11.0 Å². The molecule has 2 fully saturated rings. The number of hydrogen-bond donors (Lipinski definition) is 0. The molecule has 2 aliphatic heterocycles. The molecule has 5 nitrogen and oxygen atoms in total. The molecule has 3 rings (SSSR count). The Bertz CT molecular complexity index is 651. The number of nitrogens with zero attached hydrogens (tertiary/aromatic N) is 2. The van der Waals surface area contributed by atoms with Gasteiger partial charge in [-0.05, 0) is 37.2 Å². The molecule has 148 valence electrons. The smallest absolute Gasteiger partial charge is 0.248 e. The molecule has 0 aromatic heterocycles. The van der Waals surface area contributed by atoms with Gasteiger partial charge in [0.15, 0.2) is 0 Å². The average Bonchev–Trinajstić information content (AvgIpc) is 2.88. The minimum atomic E-state index is -0.293. The third-order valence-corrected chi connectivity index (χ3v) is 6.00. The molecule has 2 saturated heterocycles. The average molecular weight is 373 g/mol. The number of piperidine rings is 1. The predicted octanol–water partition coefficient (Wildman–Crippen LogP) is 2.74. The van der Waals surface area contributed by atoms with Crippen molar-refractivity contribution in [3.63, 3.8) is 0 Å². The van der Waals surface area contributed by atoms with Crippen LogP contribution in [0.5, 0.6) is 0 Å². The van der Waals surface area contributed by atoms with Crippen LogP contribution in [0.4, 0.5) is 0 Å². The highest BCUT2D eigenvalue weighted by Crippen LogP contribution is 2.45. The molecule has 1 aromatic carbocycles. The van der Waals surface area contributed by atoms with Gasteiger partial charge in [-0.2, -0.15) is 0 Å². The van der Waals surface area contributed by atoms with Crippen LogP contribution >= 0.6 is 0 Å². The normalized spacial score (nSPS) is 22.1. The number of likely N-dealkylation sites (tertiary alicyclic amines) is 2. The number of amides is 2. The Hall–Kier alpha value is -1.88. The number of rotatable bonds is 6. The van der Waals surface area contributed by atoms with Gasteiger partial charge >= 0.3 is 0 Å². The zero-order valence-electron chi connectivity index (χ0n) is 16.8. The first-order valence-electron chi connectivity index (χ1n) is 10.1. The third kappa shape index (κ3) is 4.34. The zero-order valence-corrected chi connectivity index (χ0v) is 16.8. The van der Waals surface area contributed by atoms with Crippen molar-refractivity contribution in [2.24, 2.45) is 11.3 Å². The molecule has 0 N–H and O–H groups in total. The van der Waals surface area contributed by atoms with Crippen LogP contribution in [0.1, 0.15) is 38.7 Å². The topological polar surface area (TPSA) is 49.9 Å². The minimum absolute atomic E-state index is 0.0256. The summed E-state index contributed by atoms with van der Waals surface area (Å²) in [6.45, 7) is 6.58. The van der Waals surface area contributed by atoms with E-state index in [4.69, 9.17) is 4.74 Å². The van der Waals surface area contributed by atoms with Crippen molar-refractivity contribution in [2.75, 3.05) is 33.4 Å². The van der Waals surface area contributed by atoms with E-state index in [1.54, 1.807) is 7.11 Å². The van der Waals surface area contributed by atoms with Crippen LogP contribution in [0.15, 0.2) is 30.3 Å². The standard InChI is InChI=1S/C22H32N2O3/c1-17(2)15-24-19(13-18-7-5-4-6-8-18)14-22(21(24)26)9-11-23(12-10-22)20(25)16-27-3/h4-8,17,19H,9-16H2,1-3H3/t19-/m0/s1. The molecular formula is C22H32N2O3. The van der Waals surface area contributed by atoms with Crippen molar-refractivity contribution >= 4 is 11.8 Å². The summed E-state index contributed by atoms with van der Waals surface area (Å²) in [5.41, 5.74) is 0.992. The van der Waals surface area contributed by atoms with E-state index in [-0.39, 0.29) is 24.0 Å². The van der Waals surface area contributed by atoms with Gasteiger partial charge in [-0.1, -0.05) is 44.2 Å². The number of carbonyl (C=O) groups is 2. The van der Waals surface area contributed by atoms with Gasteiger partial charge in [0, 0.05) is 32.8 Å². The number of ether oxygens (including phenoxy) is 1. The first-order valence-corrected chi connectivity index (χ1v) is 10.1. The Kier molecular flexibility index (Phi) is 6.20. The Labute approximate surface area is 162 Å². The lowest BCUT2D eigenvalue weighted by Crippen LogP contribution is -2.47.